The summed E-state index contributed by atoms with van der Waals surface area (Å²) < 4.78 is 0. The van der Waals surface area contributed by atoms with E-state index in [-0.39, 0.29) is 6.10 Å². The Kier molecular flexibility index (Phi) is 12.9. The van der Waals surface area contributed by atoms with E-state index in [0.717, 1.165) is 26.4 Å². The summed E-state index contributed by atoms with van der Waals surface area (Å²) in [5.74, 6) is 1.35. The lowest BCUT2D eigenvalue weighted by molar-refractivity contribution is 0.207. The van der Waals surface area contributed by atoms with Gasteiger partial charge in [-0.2, -0.15) is 0 Å². The zero-order valence-corrected chi connectivity index (χ0v) is 18.5. The Bertz CT molecular complexity index is 588. The molecule has 0 amide bonds. The predicted octanol–water partition coefficient (Wildman–Crippen LogP) is 6.40. The topological polar surface area (TPSA) is 40.5 Å². The number of benzene rings is 1. The van der Waals surface area contributed by atoms with Crippen LogP contribution < -0.4 is 0 Å². The fraction of sp³-hybridized carbons (Fsp3) is 0.615. The van der Waals surface area contributed by atoms with Gasteiger partial charge in [0, 0.05) is 7.11 Å². The summed E-state index contributed by atoms with van der Waals surface area (Å²) in [5.41, 5.74) is 4.25. The number of unbranched alkanes of at least 4 members (excludes halogenated alkanes) is 3. The number of rotatable bonds is 10. The van der Waals surface area contributed by atoms with Gasteiger partial charge >= 0.3 is 0 Å². The molecule has 1 aromatic carbocycles. The van der Waals surface area contributed by atoms with Gasteiger partial charge in [0.1, 0.15) is 0 Å². The highest BCUT2D eigenvalue weighted by Crippen LogP contribution is 2.33. The van der Waals surface area contributed by atoms with Gasteiger partial charge in [-0.3, -0.25) is 0 Å². The normalized spacial score (nSPS) is 20.9. The van der Waals surface area contributed by atoms with E-state index in [9.17, 15) is 5.11 Å². The summed E-state index contributed by atoms with van der Waals surface area (Å²) in [6.45, 7) is 6.66. The van der Waals surface area contributed by atoms with Crippen LogP contribution in [0, 0.1) is 18.8 Å². The minimum Gasteiger partial charge on any atom is -0.400 e. The first-order valence-electron chi connectivity index (χ1n) is 11.1. The highest BCUT2D eigenvalue weighted by molar-refractivity contribution is 5.26. The molecule has 1 saturated carbocycles. The minimum atomic E-state index is -0.246. The van der Waals surface area contributed by atoms with Gasteiger partial charge in [0.15, 0.2) is 0 Å². The third-order valence-electron chi connectivity index (χ3n) is 5.56. The maximum Gasteiger partial charge on any atom is 0.0721 e. The van der Waals surface area contributed by atoms with E-state index >= 15 is 0 Å². The second kappa shape index (κ2) is 14.6. The summed E-state index contributed by atoms with van der Waals surface area (Å²) in [6.07, 6.45) is 17.3. The average Bonchev–Trinajstić information content (AvgIpc) is 3.12. The van der Waals surface area contributed by atoms with Crippen LogP contribution in [0.3, 0.4) is 0 Å². The van der Waals surface area contributed by atoms with Crippen molar-refractivity contribution in [3.63, 3.8) is 0 Å². The van der Waals surface area contributed by atoms with Gasteiger partial charge in [0.25, 0.3) is 0 Å². The third-order valence-corrected chi connectivity index (χ3v) is 5.56. The number of hydrogen-bond acceptors (Lipinski definition) is 2. The molecule has 0 bridgehead atoms. The molecule has 1 fully saturated rings. The van der Waals surface area contributed by atoms with Crippen LogP contribution in [0.5, 0.6) is 0 Å². The molecule has 158 valence electrons. The molecule has 0 heterocycles. The molecule has 0 radical (unpaired) electrons. The molecular weight excluding hydrogens is 344 g/mol. The lowest BCUT2D eigenvalue weighted by Crippen LogP contribution is -2.03. The van der Waals surface area contributed by atoms with E-state index in [2.05, 4.69) is 63.3 Å². The first-order valence-corrected chi connectivity index (χ1v) is 11.1. The molecule has 28 heavy (non-hydrogen) atoms. The zero-order valence-electron chi connectivity index (χ0n) is 18.5. The standard InChI is InChI=1S/C25H38O.CH4O/c1-4-5-6-7-11-25(26)15-14-22-12-13-24(19-22)18-21(3)17-23-10-8-9-20(2)16-23;1-2/h8-10,14-16,18,22,24-26H,4-7,11-13,17,19H2,1-3H3;2H,1H3/b15-14+,21-18+;/t22?,24-,25+;/m1./s1. The average molecular weight is 387 g/mol. The summed E-state index contributed by atoms with van der Waals surface area (Å²) in [5, 5.41) is 17.1. The van der Waals surface area contributed by atoms with Crippen LogP contribution in [0.2, 0.25) is 0 Å². The smallest absolute Gasteiger partial charge is 0.0721 e. The fourth-order valence-electron chi connectivity index (χ4n) is 4.15. The van der Waals surface area contributed by atoms with Gasteiger partial charge in [-0.05, 0) is 63.4 Å². The quantitative estimate of drug-likeness (QED) is 0.361. The second-order valence-electron chi connectivity index (χ2n) is 8.31. The summed E-state index contributed by atoms with van der Waals surface area (Å²) in [6, 6.07) is 8.84. The molecule has 2 heteroatoms. The highest BCUT2D eigenvalue weighted by atomic mass is 16.3. The number of aryl methyl sites for hydroxylation is 1. The van der Waals surface area contributed by atoms with Gasteiger partial charge in [-0.1, -0.05) is 86.2 Å². The molecule has 0 aliphatic heterocycles. The third kappa shape index (κ3) is 10.2. The number of aliphatic hydroxyl groups excluding tert-OH is 2. The Morgan fingerprint density at radius 2 is 1.89 bits per heavy atom. The van der Waals surface area contributed by atoms with Crippen molar-refractivity contribution in [2.75, 3.05) is 7.11 Å². The molecular formula is C26H42O2. The van der Waals surface area contributed by atoms with E-state index in [1.165, 1.54) is 55.2 Å². The second-order valence-corrected chi connectivity index (χ2v) is 8.31. The molecule has 1 aliphatic carbocycles. The molecule has 0 aromatic heterocycles. The Balaban J connectivity index is 0.00000190. The van der Waals surface area contributed by atoms with Crippen molar-refractivity contribution in [2.45, 2.75) is 84.7 Å². The van der Waals surface area contributed by atoms with Crippen molar-refractivity contribution in [1.82, 2.24) is 0 Å². The van der Waals surface area contributed by atoms with Crippen molar-refractivity contribution in [3.05, 3.63) is 59.2 Å². The van der Waals surface area contributed by atoms with Crippen LogP contribution in [-0.4, -0.2) is 23.4 Å². The molecule has 2 N–H and O–H groups in total. The Morgan fingerprint density at radius 3 is 2.61 bits per heavy atom. The van der Waals surface area contributed by atoms with Gasteiger partial charge in [-0.25, -0.2) is 0 Å². The number of allylic oxidation sites excluding steroid dienone is 3. The monoisotopic (exact) mass is 386 g/mol. The summed E-state index contributed by atoms with van der Waals surface area (Å²) in [7, 11) is 1.00. The van der Waals surface area contributed by atoms with Gasteiger partial charge in [0.05, 0.1) is 6.10 Å². The number of hydrogen-bond donors (Lipinski definition) is 2. The molecule has 0 spiro atoms. The fourth-order valence-corrected chi connectivity index (χ4v) is 4.15. The first-order chi connectivity index (χ1) is 13.6. The van der Waals surface area contributed by atoms with E-state index in [0.29, 0.717) is 11.8 Å². The molecule has 1 unspecified atom stereocenters. The SMILES string of the molecule is CCCCCC[C@H](O)/C=C/C1CC[C@H](/C=C(\C)Cc2cccc(C)c2)C1.CO. The zero-order chi connectivity index (χ0) is 20.8. The van der Waals surface area contributed by atoms with Crippen molar-refractivity contribution in [1.29, 1.82) is 0 Å². The maximum absolute atomic E-state index is 10.1. The maximum atomic E-state index is 10.1. The van der Waals surface area contributed by atoms with Crippen molar-refractivity contribution >= 4 is 0 Å². The predicted molar refractivity (Wildman–Crippen MR) is 122 cm³/mol. The lowest BCUT2D eigenvalue weighted by Gasteiger charge is -2.09. The molecule has 3 atom stereocenters. The molecule has 2 nitrogen and oxygen atoms in total. The Hall–Kier alpha value is -1.38. The van der Waals surface area contributed by atoms with Gasteiger partial charge < -0.3 is 10.2 Å². The van der Waals surface area contributed by atoms with E-state index < -0.39 is 0 Å². The van der Waals surface area contributed by atoms with Crippen molar-refractivity contribution in [2.24, 2.45) is 11.8 Å². The van der Waals surface area contributed by atoms with Crippen molar-refractivity contribution in [3.8, 4) is 0 Å². The molecule has 2 rings (SSSR count). The molecule has 0 saturated heterocycles. The number of aliphatic hydroxyl groups is 2. The van der Waals surface area contributed by atoms with Crippen LogP contribution in [-0.2, 0) is 6.42 Å². The van der Waals surface area contributed by atoms with Crippen LogP contribution in [0.15, 0.2) is 48.1 Å². The van der Waals surface area contributed by atoms with Gasteiger partial charge in [-0.15, -0.1) is 0 Å². The van der Waals surface area contributed by atoms with Crippen LogP contribution >= 0.6 is 0 Å². The van der Waals surface area contributed by atoms with Crippen LogP contribution in [0.1, 0.15) is 76.3 Å². The van der Waals surface area contributed by atoms with Gasteiger partial charge in [0.2, 0.25) is 0 Å². The van der Waals surface area contributed by atoms with Crippen molar-refractivity contribution < 1.29 is 10.2 Å². The molecule has 1 aliphatic rings. The minimum absolute atomic E-state index is 0.246. The Labute approximate surface area is 173 Å². The van der Waals surface area contributed by atoms with E-state index in [1.54, 1.807) is 0 Å². The summed E-state index contributed by atoms with van der Waals surface area (Å²) in [4.78, 5) is 0. The van der Waals surface area contributed by atoms with E-state index in [4.69, 9.17) is 5.11 Å². The summed E-state index contributed by atoms with van der Waals surface area (Å²) >= 11 is 0. The van der Waals surface area contributed by atoms with Crippen LogP contribution in [0.25, 0.3) is 0 Å². The molecule has 1 aromatic rings. The van der Waals surface area contributed by atoms with Crippen LogP contribution in [0.4, 0.5) is 0 Å². The first kappa shape index (κ1) is 24.7. The largest absolute Gasteiger partial charge is 0.400 e. The Morgan fingerprint density at radius 1 is 1.14 bits per heavy atom. The highest BCUT2D eigenvalue weighted by Gasteiger charge is 2.21. The lowest BCUT2D eigenvalue weighted by atomic mass is 9.98. The van der Waals surface area contributed by atoms with E-state index in [1.807, 2.05) is 0 Å².